The Labute approximate surface area is 148 Å². The van der Waals surface area contributed by atoms with Crippen LogP contribution in [0.2, 0.25) is 0 Å². The van der Waals surface area contributed by atoms with Gasteiger partial charge in [-0.3, -0.25) is 4.90 Å². The molecule has 0 bridgehead atoms. The molecule has 130 valence electrons. The highest BCUT2D eigenvalue weighted by atomic mass is 32.1. The number of aryl methyl sites for hydroxylation is 1. The smallest absolute Gasteiger partial charge is 0.161 e. The van der Waals surface area contributed by atoms with Crippen molar-refractivity contribution in [1.82, 2.24) is 10.2 Å². The minimum absolute atomic E-state index is 0.267. The third-order valence-electron chi connectivity index (χ3n) is 4.48. The van der Waals surface area contributed by atoms with Crippen molar-refractivity contribution in [1.29, 1.82) is 0 Å². The summed E-state index contributed by atoms with van der Waals surface area (Å²) in [4.78, 5) is 3.97. The van der Waals surface area contributed by atoms with Gasteiger partial charge < -0.3 is 14.8 Å². The molecule has 1 N–H and O–H groups in total. The van der Waals surface area contributed by atoms with Crippen LogP contribution in [0.25, 0.3) is 0 Å². The van der Waals surface area contributed by atoms with Gasteiger partial charge in [0.15, 0.2) is 11.5 Å². The zero-order chi connectivity index (χ0) is 16.9. The van der Waals surface area contributed by atoms with E-state index in [1.54, 1.807) is 14.2 Å². The molecule has 2 heterocycles. The molecule has 1 fully saturated rings. The molecule has 1 aliphatic rings. The highest BCUT2D eigenvalue weighted by Gasteiger charge is 2.25. The number of benzene rings is 1. The van der Waals surface area contributed by atoms with Crippen molar-refractivity contribution in [2.75, 3.05) is 40.4 Å². The Balaban J connectivity index is 2.00. The van der Waals surface area contributed by atoms with Crippen molar-refractivity contribution >= 4 is 11.3 Å². The van der Waals surface area contributed by atoms with Crippen molar-refractivity contribution in [3.63, 3.8) is 0 Å². The Morgan fingerprint density at radius 3 is 2.62 bits per heavy atom. The van der Waals surface area contributed by atoms with E-state index in [-0.39, 0.29) is 6.04 Å². The molecule has 24 heavy (non-hydrogen) atoms. The summed E-state index contributed by atoms with van der Waals surface area (Å²) in [5.74, 6) is 1.57. The van der Waals surface area contributed by atoms with Crippen molar-refractivity contribution in [2.45, 2.75) is 19.4 Å². The molecule has 5 heteroatoms. The SMILES string of the molecule is COc1ccc(C(c2cc(C)cs2)N2CCCNCC2)cc1OC. The van der Waals surface area contributed by atoms with Gasteiger partial charge in [-0.15, -0.1) is 11.3 Å². The average molecular weight is 346 g/mol. The van der Waals surface area contributed by atoms with Crippen LogP contribution in [0.4, 0.5) is 0 Å². The van der Waals surface area contributed by atoms with Crippen molar-refractivity contribution in [3.05, 3.63) is 45.6 Å². The summed E-state index contributed by atoms with van der Waals surface area (Å²) in [5, 5.41) is 5.73. The van der Waals surface area contributed by atoms with E-state index < -0.39 is 0 Å². The van der Waals surface area contributed by atoms with E-state index in [2.05, 4.69) is 40.7 Å². The maximum absolute atomic E-state index is 5.53. The van der Waals surface area contributed by atoms with E-state index in [1.165, 1.54) is 22.4 Å². The molecule has 1 saturated heterocycles. The fourth-order valence-corrected chi connectivity index (χ4v) is 4.36. The number of methoxy groups -OCH3 is 2. The number of hydrogen-bond acceptors (Lipinski definition) is 5. The number of rotatable bonds is 5. The summed E-state index contributed by atoms with van der Waals surface area (Å²) < 4.78 is 10.9. The van der Waals surface area contributed by atoms with Gasteiger partial charge in [-0.1, -0.05) is 6.07 Å². The van der Waals surface area contributed by atoms with Crippen LogP contribution < -0.4 is 14.8 Å². The molecule has 0 spiro atoms. The van der Waals surface area contributed by atoms with Crippen LogP contribution in [0, 0.1) is 6.92 Å². The third-order valence-corrected chi connectivity index (χ3v) is 5.59. The van der Waals surface area contributed by atoms with Gasteiger partial charge in [-0.2, -0.15) is 0 Å². The fraction of sp³-hybridized carbons (Fsp3) is 0.474. The van der Waals surface area contributed by atoms with E-state index in [4.69, 9.17) is 9.47 Å². The molecule has 1 atom stereocenters. The minimum atomic E-state index is 0.267. The van der Waals surface area contributed by atoms with E-state index in [0.29, 0.717) is 0 Å². The number of hydrogen-bond donors (Lipinski definition) is 1. The molecule has 1 unspecified atom stereocenters. The van der Waals surface area contributed by atoms with Gasteiger partial charge in [0.2, 0.25) is 0 Å². The Bertz CT molecular complexity index is 663. The van der Waals surface area contributed by atoms with Gasteiger partial charge in [0.25, 0.3) is 0 Å². The zero-order valence-corrected chi connectivity index (χ0v) is 15.5. The van der Waals surface area contributed by atoms with Crippen molar-refractivity contribution in [2.24, 2.45) is 0 Å². The summed E-state index contributed by atoms with van der Waals surface area (Å²) >= 11 is 1.84. The third kappa shape index (κ3) is 3.74. The summed E-state index contributed by atoms with van der Waals surface area (Å²) in [6.45, 7) is 6.45. The molecule has 1 aromatic carbocycles. The van der Waals surface area contributed by atoms with Gasteiger partial charge in [-0.05, 0) is 54.6 Å². The molecule has 4 nitrogen and oxygen atoms in total. The van der Waals surface area contributed by atoms with Crippen LogP contribution in [0.15, 0.2) is 29.6 Å². The molecule has 1 aliphatic heterocycles. The first-order chi connectivity index (χ1) is 11.7. The molecular formula is C19H26N2O2S. The molecule has 0 aliphatic carbocycles. The Kier molecular flexibility index (Phi) is 5.76. The highest BCUT2D eigenvalue weighted by molar-refractivity contribution is 7.10. The van der Waals surface area contributed by atoms with Crippen LogP contribution >= 0.6 is 11.3 Å². The number of nitrogens with one attached hydrogen (secondary N) is 1. The topological polar surface area (TPSA) is 33.7 Å². The first-order valence-electron chi connectivity index (χ1n) is 8.44. The maximum atomic E-state index is 5.53. The number of thiophene rings is 1. The van der Waals surface area contributed by atoms with Crippen LogP contribution in [0.1, 0.15) is 28.5 Å². The lowest BCUT2D eigenvalue weighted by Gasteiger charge is -2.30. The predicted molar refractivity (Wildman–Crippen MR) is 99.5 cm³/mol. The fourth-order valence-electron chi connectivity index (χ4n) is 3.30. The van der Waals surface area contributed by atoms with E-state index in [1.807, 2.05) is 17.4 Å². The lowest BCUT2D eigenvalue weighted by molar-refractivity contribution is 0.243. The summed E-state index contributed by atoms with van der Waals surface area (Å²) in [5.41, 5.74) is 2.59. The van der Waals surface area contributed by atoms with Crippen molar-refractivity contribution in [3.8, 4) is 11.5 Å². The molecular weight excluding hydrogens is 320 g/mol. The minimum Gasteiger partial charge on any atom is -0.493 e. The second-order valence-electron chi connectivity index (χ2n) is 6.18. The highest BCUT2D eigenvalue weighted by Crippen LogP contribution is 2.37. The summed E-state index contributed by atoms with van der Waals surface area (Å²) in [6.07, 6.45) is 1.17. The van der Waals surface area contributed by atoms with Crippen LogP contribution in [0.5, 0.6) is 11.5 Å². The molecule has 0 radical (unpaired) electrons. The van der Waals surface area contributed by atoms with Crippen molar-refractivity contribution < 1.29 is 9.47 Å². The normalized spacial score (nSPS) is 17.3. The lowest BCUT2D eigenvalue weighted by atomic mass is 10.0. The second-order valence-corrected chi connectivity index (χ2v) is 7.13. The molecule has 1 aromatic heterocycles. The Hall–Kier alpha value is -1.56. The van der Waals surface area contributed by atoms with Gasteiger partial charge in [0.1, 0.15) is 0 Å². The Morgan fingerprint density at radius 2 is 1.92 bits per heavy atom. The Morgan fingerprint density at radius 1 is 1.08 bits per heavy atom. The summed E-state index contributed by atoms with van der Waals surface area (Å²) in [7, 11) is 3.37. The van der Waals surface area contributed by atoms with Crippen LogP contribution in [-0.4, -0.2) is 45.3 Å². The monoisotopic (exact) mass is 346 g/mol. The molecule has 2 aromatic rings. The van der Waals surface area contributed by atoms with Gasteiger partial charge in [-0.25, -0.2) is 0 Å². The van der Waals surface area contributed by atoms with Crippen LogP contribution in [0.3, 0.4) is 0 Å². The predicted octanol–water partition coefficient (Wildman–Crippen LogP) is 3.46. The first kappa shape index (κ1) is 17.3. The number of ether oxygens (including phenoxy) is 2. The number of nitrogens with zero attached hydrogens (tertiary/aromatic N) is 1. The molecule has 0 saturated carbocycles. The second kappa shape index (κ2) is 8.01. The van der Waals surface area contributed by atoms with Gasteiger partial charge in [0, 0.05) is 24.5 Å². The van der Waals surface area contributed by atoms with E-state index in [0.717, 1.165) is 37.7 Å². The lowest BCUT2D eigenvalue weighted by Crippen LogP contribution is -2.32. The van der Waals surface area contributed by atoms with Crippen LogP contribution in [-0.2, 0) is 0 Å². The van der Waals surface area contributed by atoms with Gasteiger partial charge in [0.05, 0.1) is 20.3 Å². The van der Waals surface area contributed by atoms with Gasteiger partial charge >= 0.3 is 0 Å². The first-order valence-corrected chi connectivity index (χ1v) is 9.32. The average Bonchev–Trinajstić information content (AvgIpc) is 2.86. The van der Waals surface area contributed by atoms with E-state index in [9.17, 15) is 0 Å². The largest absolute Gasteiger partial charge is 0.493 e. The quantitative estimate of drug-likeness (QED) is 0.899. The standard InChI is InChI=1S/C19H26N2O2S/c1-14-11-18(24-13-14)19(21-9-4-7-20-8-10-21)15-5-6-16(22-2)17(12-15)23-3/h5-6,11-13,19-20H,4,7-10H2,1-3H3. The van der Waals surface area contributed by atoms with E-state index >= 15 is 0 Å². The molecule has 3 rings (SSSR count). The maximum Gasteiger partial charge on any atom is 0.161 e. The summed E-state index contributed by atoms with van der Waals surface area (Å²) in [6, 6.07) is 8.88. The zero-order valence-electron chi connectivity index (χ0n) is 14.7. The molecule has 0 amide bonds.